The third kappa shape index (κ3) is 4.46. The largest absolute Gasteiger partial charge is 0.407 e. The van der Waals surface area contributed by atoms with E-state index in [0.29, 0.717) is 17.5 Å². The van der Waals surface area contributed by atoms with Crippen LogP contribution in [0.15, 0.2) is 52.9 Å². The predicted molar refractivity (Wildman–Crippen MR) is 109 cm³/mol. The Hall–Kier alpha value is -3.19. The molecule has 1 aliphatic rings. The molecule has 2 amide bonds. The van der Waals surface area contributed by atoms with Gasteiger partial charge >= 0.3 is 6.01 Å². The minimum absolute atomic E-state index is 0.0273. The summed E-state index contributed by atoms with van der Waals surface area (Å²) in [6.07, 6.45) is 0.478. The molecular weight excluding hydrogens is 392 g/mol. The van der Waals surface area contributed by atoms with Crippen molar-refractivity contribution in [2.24, 2.45) is 0 Å². The van der Waals surface area contributed by atoms with Crippen LogP contribution in [0.2, 0.25) is 5.02 Å². The average Bonchev–Trinajstić information content (AvgIpc) is 3.31. The molecule has 1 fully saturated rings. The lowest BCUT2D eigenvalue weighted by Crippen LogP contribution is -2.24. The van der Waals surface area contributed by atoms with Gasteiger partial charge in [-0.2, -0.15) is 0 Å². The van der Waals surface area contributed by atoms with E-state index in [2.05, 4.69) is 15.5 Å². The molecule has 0 aliphatic carbocycles. The lowest BCUT2D eigenvalue weighted by atomic mass is 10.1. The van der Waals surface area contributed by atoms with Crippen molar-refractivity contribution in [3.63, 3.8) is 0 Å². The van der Waals surface area contributed by atoms with E-state index in [1.165, 1.54) is 0 Å². The molecule has 0 unspecified atom stereocenters. The average molecular weight is 411 g/mol. The molecule has 29 heavy (non-hydrogen) atoms. The van der Waals surface area contributed by atoms with E-state index < -0.39 is 0 Å². The maximum Gasteiger partial charge on any atom is 0.322 e. The van der Waals surface area contributed by atoms with Crippen LogP contribution in [0.3, 0.4) is 0 Å². The van der Waals surface area contributed by atoms with Crippen LogP contribution < -0.4 is 10.2 Å². The molecule has 2 aromatic carbocycles. The Kier molecular flexibility index (Phi) is 5.31. The van der Waals surface area contributed by atoms with Gasteiger partial charge in [-0.15, -0.1) is 5.10 Å². The third-order valence-corrected chi connectivity index (χ3v) is 5.04. The number of nitrogens with one attached hydrogen (secondary N) is 1. The van der Waals surface area contributed by atoms with E-state index in [9.17, 15) is 9.59 Å². The van der Waals surface area contributed by atoms with Crippen molar-refractivity contribution in [3.8, 4) is 0 Å². The van der Waals surface area contributed by atoms with Crippen molar-refractivity contribution in [3.05, 3.63) is 70.6 Å². The number of hydrogen-bond acceptors (Lipinski definition) is 5. The van der Waals surface area contributed by atoms with E-state index in [1.54, 1.807) is 29.2 Å². The van der Waals surface area contributed by atoms with Crippen molar-refractivity contribution in [2.45, 2.75) is 25.7 Å². The Bertz CT molecular complexity index is 1030. The number of hydrogen-bond donors (Lipinski definition) is 1. The third-order valence-electron chi connectivity index (χ3n) is 4.78. The zero-order chi connectivity index (χ0) is 20.4. The summed E-state index contributed by atoms with van der Waals surface area (Å²) >= 11 is 5.91. The molecule has 0 spiro atoms. The highest BCUT2D eigenvalue weighted by Gasteiger charge is 2.35. The van der Waals surface area contributed by atoms with Crippen LogP contribution in [0.1, 0.15) is 29.4 Å². The number of amides is 2. The van der Waals surface area contributed by atoms with Crippen molar-refractivity contribution in [2.75, 3.05) is 16.8 Å². The van der Waals surface area contributed by atoms with Gasteiger partial charge in [-0.1, -0.05) is 46.5 Å². The van der Waals surface area contributed by atoms with Gasteiger partial charge in [0.05, 0.1) is 12.3 Å². The van der Waals surface area contributed by atoms with Crippen molar-refractivity contribution < 1.29 is 14.0 Å². The summed E-state index contributed by atoms with van der Waals surface area (Å²) in [5.74, 6) is -0.163. The lowest BCUT2D eigenvalue weighted by Gasteiger charge is -2.15. The van der Waals surface area contributed by atoms with Crippen LogP contribution in [-0.2, 0) is 16.0 Å². The first kappa shape index (κ1) is 19.1. The molecule has 148 valence electrons. The highest BCUT2D eigenvalue weighted by Crippen LogP contribution is 2.32. The Morgan fingerprint density at radius 3 is 2.62 bits per heavy atom. The molecule has 1 aromatic heterocycles. The van der Waals surface area contributed by atoms with E-state index in [4.69, 9.17) is 16.0 Å². The quantitative estimate of drug-likeness (QED) is 0.692. The number of carbonyl (C=O) groups is 2. The van der Waals surface area contributed by atoms with Gasteiger partial charge in [-0.25, -0.2) is 0 Å². The number of rotatable bonds is 5. The Morgan fingerprint density at radius 1 is 1.17 bits per heavy atom. The molecule has 1 N–H and O–H groups in total. The van der Waals surface area contributed by atoms with Gasteiger partial charge in [0.25, 0.3) is 0 Å². The van der Waals surface area contributed by atoms with Crippen LogP contribution in [-0.4, -0.2) is 28.6 Å². The van der Waals surface area contributed by atoms with Gasteiger partial charge in [0.15, 0.2) is 0 Å². The Balaban J connectivity index is 1.38. The fraction of sp³-hybridized carbons (Fsp3) is 0.238. The molecule has 1 aliphatic heterocycles. The summed E-state index contributed by atoms with van der Waals surface area (Å²) in [7, 11) is 0. The molecule has 2 heterocycles. The van der Waals surface area contributed by atoms with Gasteiger partial charge in [-0.3, -0.25) is 14.9 Å². The second kappa shape index (κ2) is 8.05. The van der Waals surface area contributed by atoms with Crippen LogP contribution >= 0.6 is 11.6 Å². The zero-order valence-electron chi connectivity index (χ0n) is 15.8. The standard InChI is InChI=1S/C21H19ClN4O3/c1-13-2-4-14(5-3-13)10-18(27)23-21-25-24-20(29-21)15-11-19(28)26(12-15)17-8-6-16(22)7-9-17/h2-9,15H,10-12H2,1H3,(H,23,25,27)/t15-/m0/s1. The fourth-order valence-corrected chi connectivity index (χ4v) is 3.37. The van der Waals surface area contributed by atoms with E-state index in [-0.39, 0.29) is 36.6 Å². The summed E-state index contributed by atoms with van der Waals surface area (Å²) in [6.45, 7) is 2.42. The van der Waals surface area contributed by atoms with Crippen LogP contribution in [0.25, 0.3) is 0 Å². The summed E-state index contributed by atoms with van der Waals surface area (Å²) in [5.41, 5.74) is 2.80. The summed E-state index contributed by atoms with van der Waals surface area (Å²) in [4.78, 5) is 26.3. The van der Waals surface area contributed by atoms with E-state index in [0.717, 1.165) is 16.8 Å². The van der Waals surface area contributed by atoms with Gasteiger partial charge in [0, 0.05) is 23.7 Å². The van der Waals surface area contributed by atoms with Gasteiger partial charge in [0.2, 0.25) is 17.7 Å². The molecule has 0 radical (unpaired) electrons. The molecule has 8 heteroatoms. The van der Waals surface area contributed by atoms with Crippen molar-refractivity contribution in [1.82, 2.24) is 10.2 Å². The van der Waals surface area contributed by atoms with Gasteiger partial charge in [0.1, 0.15) is 0 Å². The second-order valence-electron chi connectivity index (χ2n) is 7.04. The summed E-state index contributed by atoms with van der Waals surface area (Å²) < 4.78 is 5.59. The number of carbonyl (C=O) groups excluding carboxylic acids is 2. The number of benzene rings is 2. The Morgan fingerprint density at radius 2 is 1.90 bits per heavy atom. The maximum absolute atomic E-state index is 12.4. The molecule has 1 saturated heterocycles. The van der Waals surface area contributed by atoms with Crippen molar-refractivity contribution >= 4 is 35.1 Å². The first-order valence-electron chi connectivity index (χ1n) is 9.22. The van der Waals surface area contributed by atoms with Crippen molar-refractivity contribution in [1.29, 1.82) is 0 Å². The molecule has 0 bridgehead atoms. The fourth-order valence-electron chi connectivity index (χ4n) is 3.25. The highest BCUT2D eigenvalue weighted by molar-refractivity contribution is 6.30. The second-order valence-corrected chi connectivity index (χ2v) is 7.47. The Labute approximate surface area is 172 Å². The molecule has 4 rings (SSSR count). The van der Waals surface area contributed by atoms with Crippen LogP contribution in [0, 0.1) is 6.92 Å². The molecule has 1 atom stereocenters. The SMILES string of the molecule is Cc1ccc(CC(=O)Nc2nnc([C@H]3CC(=O)N(c4ccc(Cl)cc4)C3)o2)cc1. The topological polar surface area (TPSA) is 88.3 Å². The van der Waals surface area contributed by atoms with Crippen LogP contribution in [0.4, 0.5) is 11.7 Å². The first-order chi connectivity index (χ1) is 14.0. The maximum atomic E-state index is 12.4. The molecule has 3 aromatic rings. The molecule has 7 nitrogen and oxygen atoms in total. The summed E-state index contributed by atoms with van der Waals surface area (Å²) in [5, 5.41) is 11.1. The predicted octanol–water partition coefficient (Wildman–Crippen LogP) is 3.73. The van der Waals surface area contributed by atoms with E-state index in [1.807, 2.05) is 31.2 Å². The summed E-state index contributed by atoms with van der Waals surface area (Å²) in [6, 6.07) is 14.8. The first-order valence-corrected chi connectivity index (χ1v) is 9.60. The smallest absolute Gasteiger partial charge is 0.322 e. The minimum Gasteiger partial charge on any atom is -0.407 e. The number of anilines is 2. The molecular formula is C21H19ClN4O3. The number of aromatic nitrogens is 2. The lowest BCUT2D eigenvalue weighted by molar-refractivity contribution is -0.117. The number of halogens is 1. The van der Waals surface area contributed by atoms with Gasteiger partial charge < -0.3 is 9.32 Å². The number of aryl methyl sites for hydroxylation is 1. The highest BCUT2D eigenvalue weighted by atomic mass is 35.5. The van der Waals surface area contributed by atoms with Crippen LogP contribution in [0.5, 0.6) is 0 Å². The zero-order valence-corrected chi connectivity index (χ0v) is 16.5. The monoisotopic (exact) mass is 410 g/mol. The minimum atomic E-state index is -0.241. The van der Waals surface area contributed by atoms with Gasteiger partial charge in [-0.05, 0) is 36.8 Å². The molecule has 0 saturated carbocycles. The van der Waals surface area contributed by atoms with E-state index >= 15 is 0 Å². The normalized spacial score (nSPS) is 16.3. The number of nitrogens with zero attached hydrogens (tertiary/aromatic N) is 3.